The standard InChI is InChI=1S/C25H21ClF3N3O4S/c1-15-10-18(24(33)36-3)5-7-22(15)37(34,35)32(23-20(26)12-19(13-30-23)25(27,28)29)14-16-4-6-21-17(11-16)8-9-31(21)2/h4-13H,14H2,1-3H3. The summed E-state index contributed by atoms with van der Waals surface area (Å²) in [6.45, 7) is 1.23. The van der Waals surface area contributed by atoms with Crippen molar-refractivity contribution in [1.29, 1.82) is 0 Å². The summed E-state index contributed by atoms with van der Waals surface area (Å²) in [5.41, 5.74) is 0.741. The topological polar surface area (TPSA) is 81.5 Å². The Morgan fingerprint density at radius 2 is 1.86 bits per heavy atom. The number of fused-ring (bicyclic) bond motifs is 1. The molecule has 0 N–H and O–H groups in total. The Morgan fingerprint density at radius 1 is 1.14 bits per heavy atom. The van der Waals surface area contributed by atoms with E-state index in [1.165, 1.54) is 32.2 Å². The molecule has 0 saturated heterocycles. The van der Waals surface area contributed by atoms with Crippen LogP contribution in [0.1, 0.15) is 27.0 Å². The molecule has 2 heterocycles. The van der Waals surface area contributed by atoms with E-state index in [0.29, 0.717) is 17.8 Å². The maximum absolute atomic E-state index is 13.9. The van der Waals surface area contributed by atoms with Crippen LogP contribution in [0.4, 0.5) is 19.0 Å². The average Bonchev–Trinajstić information content (AvgIpc) is 3.21. The number of benzene rings is 2. The van der Waals surface area contributed by atoms with E-state index in [9.17, 15) is 26.4 Å². The lowest BCUT2D eigenvalue weighted by molar-refractivity contribution is -0.137. The number of carbonyl (C=O) groups is 1. The van der Waals surface area contributed by atoms with Gasteiger partial charge in [0, 0.05) is 25.0 Å². The van der Waals surface area contributed by atoms with Crippen LogP contribution in [0, 0.1) is 6.92 Å². The third-order valence-corrected chi connectivity index (χ3v) is 8.00. The number of aryl methyl sites for hydroxylation is 2. The van der Waals surface area contributed by atoms with Crippen molar-refractivity contribution in [2.45, 2.75) is 24.5 Å². The quantitative estimate of drug-likeness (QED) is 0.286. The molecule has 12 heteroatoms. The molecule has 0 aliphatic carbocycles. The number of pyridine rings is 1. The summed E-state index contributed by atoms with van der Waals surface area (Å²) in [5.74, 6) is -1.01. The summed E-state index contributed by atoms with van der Waals surface area (Å²) in [5, 5.41) is 0.366. The van der Waals surface area contributed by atoms with Crippen LogP contribution in [0.15, 0.2) is 65.8 Å². The summed E-state index contributed by atoms with van der Waals surface area (Å²) in [6.07, 6.45) is -2.32. The average molecular weight is 552 g/mol. The predicted octanol–water partition coefficient (Wildman–Crippen LogP) is 5.74. The smallest absolute Gasteiger partial charge is 0.417 e. The number of rotatable bonds is 6. The number of halogens is 4. The highest BCUT2D eigenvalue weighted by Crippen LogP contribution is 2.36. The molecule has 0 unspecified atom stereocenters. The molecule has 4 aromatic rings. The Kier molecular flexibility index (Phi) is 6.95. The molecular formula is C25H21ClF3N3O4S. The molecule has 37 heavy (non-hydrogen) atoms. The Hall–Kier alpha value is -3.57. The molecule has 2 aromatic carbocycles. The second-order valence-corrected chi connectivity index (χ2v) is 10.6. The number of carbonyl (C=O) groups excluding carboxylic acids is 1. The number of nitrogens with zero attached hydrogens (tertiary/aromatic N) is 3. The van der Waals surface area contributed by atoms with Gasteiger partial charge in [0.25, 0.3) is 10.0 Å². The summed E-state index contributed by atoms with van der Waals surface area (Å²) in [6, 6.07) is 11.7. The van der Waals surface area contributed by atoms with Gasteiger partial charge < -0.3 is 9.30 Å². The van der Waals surface area contributed by atoms with Crippen LogP contribution < -0.4 is 4.31 Å². The molecule has 0 fully saturated rings. The molecule has 0 aliphatic heterocycles. The van der Waals surface area contributed by atoms with Gasteiger partial charge in [0.15, 0.2) is 5.82 Å². The van der Waals surface area contributed by atoms with Gasteiger partial charge in [-0.25, -0.2) is 22.5 Å². The highest BCUT2D eigenvalue weighted by molar-refractivity contribution is 7.92. The normalized spacial score (nSPS) is 12.1. The largest absolute Gasteiger partial charge is 0.465 e. The van der Waals surface area contributed by atoms with Crippen molar-refractivity contribution in [3.05, 3.63) is 88.2 Å². The molecule has 0 radical (unpaired) electrons. The molecule has 194 valence electrons. The first-order valence-electron chi connectivity index (χ1n) is 10.8. The van der Waals surface area contributed by atoms with Crippen molar-refractivity contribution < 1.29 is 31.1 Å². The van der Waals surface area contributed by atoms with Gasteiger partial charge in [0.2, 0.25) is 0 Å². The zero-order valence-corrected chi connectivity index (χ0v) is 21.4. The molecule has 0 spiro atoms. The zero-order valence-electron chi connectivity index (χ0n) is 19.9. The third-order valence-electron chi connectivity index (χ3n) is 5.83. The van der Waals surface area contributed by atoms with Crippen LogP contribution >= 0.6 is 11.6 Å². The predicted molar refractivity (Wildman–Crippen MR) is 133 cm³/mol. The molecule has 7 nitrogen and oxygen atoms in total. The molecule has 0 atom stereocenters. The summed E-state index contributed by atoms with van der Waals surface area (Å²) in [7, 11) is -1.34. The maximum Gasteiger partial charge on any atom is 0.417 e. The van der Waals surface area contributed by atoms with Gasteiger partial charge >= 0.3 is 12.1 Å². The van der Waals surface area contributed by atoms with E-state index in [1.807, 2.05) is 29.9 Å². The number of alkyl halides is 3. The van der Waals surface area contributed by atoms with Gasteiger partial charge in [-0.05, 0) is 65.9 Å². The van der Waals surface area contributed by atoms with E-state index >= 15 is 0 Å². The van der Waals surface area contributed by atoms with Crippen LogP contribution in [-0.4, -0.2) is 31.0 Å². The number of methoxy groups -OCH3 is 1. The molecule has 0 bridgehead atoms. The first-order chi connectivity index (χ1) is 17.3. The van der Waals surface area contributed by atoms with Crippen molar-refractivity contribution in [2.24, 2.45) is 7.05 Å². The molecule has 0 amide bonds. The SMILES string of the molecule is COC(=O)c1ccc(S(=O)(=O)N(Cc2ccc3c(ccn3C)c2)c2ncc(C(F)(F)F)cc2Cl)c(C)c1. The van der Waals surface area contributed by atoms with Crippen molar-refractivity contribution in [3.8, 4) is 0 Å². The number of hydrogen-bond acceptors (Lipinski definition) is 5. The van der Waals surface area contributed by atoms with E-state index in [4.69, 9.17) is 11.6 Å². The van der Waals surface area contributed by atoms with E-state index in [-0.39, 0.29) is 28.4 Å². The van der Waals surface area contributed by atoms with Crippen molar-refractivity contribution in [1.82, 2.24) is 9.55 Å². The van der Waals surface area contributed by atoms with Crippen LogP contribution in [0.25, 0.3) is 10.9 Å². The zero-order chi connectivity index (χ0) is 27.1. The maximum atomic E-state index is 13.9. The fourth-order valence-electron chi connectivity index (χ4n) is 3.94. The first kappa shape index (κ1) is 26.5. The van der Waals surface area contributed by atoms with E-state index < -0.39 is 32.8 Å². The number of hydrogen-bond donors (Lipinski definition) is 0. The summed E-state index contributed by atoms with van der Waals surface area (Å²) < 4.78 is 74.9. The minimum Gasteiger partial charge on any atom is -0.465 e. The van der Waals surface area contributed by atoms with Crippen LogP contribution in [0.2, 0.25) is 5.02 Å². The van der Waals surface area contributed by atoms with Gasteiger partial charge in [-0.3, -0.25) is 0 Å². The summed E-state index contributed by atoms with van der Waals surface area (Å²) in [4.78, 5) is 15.5. The van der Waals surface area contributed by atoms with E-state index in [0.717, 1.165) is 15.2 Å². The Balaban J connectivity index is 1.85. The lowest BCUT2D eigenvalue weighted by Gasteiger charge is -2.26. The lowest BCUT2D eigenvalue weighted by Crippen LogP contribution is -2.32. The van der Waals surface area contributed by atoms with Crippen molar-refractivity contribution >= 4 is 44.3 Å². The minimum atomic E-state index is -4.71. The first-order valence-corrected chi connectivity index (χ1v) is 12.6. The third kappa shape index (κ3) is 5.14. The molecule has 0 saturated carbocycles. The molecule has 0 aliphatic rings. The van der Waals surface area contributed by atoms with Crippen molar-refractivity contribution in [3.63, 3.8) is 0 Å². The van der Waals surface area contributed by atoms with Gasteiger partial charge in [0.1, 0.15) is 0 Å². The van der Waals surface area contributed by atoms with Gasteiger partial charge in [0.05, 0.1) is 34.7 Å². The number of esters is 1. The van der Waals surface area contributed by atoms with Gasteiger partial charge in [-0.2, -0.15) is 13.2 Å². The Labute approximate surface area is 216 Å². The number of anilines is 1. The second kappa shape index (κ2) is 9.71. The molecule has 4 rings (SSSR count). The van der Waals surface area contributed by atoms with Gasteiger partial charge in [-0.1, -0.05) is 17.7 Å². The molecule has 2 aromatic heterocycles. The Morgan fingerprint density at radius 3 is 2.49 bits per heavy atom. The van der Waals surface area contributed by atoms with Crippen LogP contribution in [0.3, 0.4) is 0 Å². The van der Waals surface area contributed by atoms with Crippen LogP contribution in [-0.2, 0) is 34.5 Å². The van der Waals surface area contributed by atoms with E-state index in [2.05, 4.69) is 9.72 Å². The highest BCUT2D eigenvalue weighted by Gasteiger charge is 2.34. The highest BCUT2D eigenvalue weighted by atomic mass is 35.5. The van der Waals surface area contributed by atoms with E-state index in [1.54, 1.807) is 12.1 Å². The van der Waals surface area contributed by atoms with Gasteiger partial charge in [-0.15, -0.1) is 0 Å². The monoisotopic (exact) mass is 551 g/mol. The second-order valence-electron chi connectivity index (χ2n) is 8.33. The van der Waals surface area contributed by atoms with Crippen molar-refractivity contribution in [2.75, 3.05) is 11.4 Å². The number of ether oxygens (including phenoxy) is 1. The minimum absolute atomic E-state index is 0.144. The van der Waals surface area contributed by atoms with Crippen LogP contribution in [0.5, 0.6) is 0 Å². The number of sulfonamides is 1. The Bertz CT molecular complexity index is 1620. The summed E-state index contributed by atoms with van der Waals surface area (Å²) >= 11 is 6.18. The lowest BCUT2D eigenvalue weighted by atomic mass is 10.1. The number of aromatic nitrogens is 2. The molecular weight excluding hydrogens is 531 g/mol. The fourth-order valence-corrected chi connectivity index (χ4v) is 5.89. The fraction of sp³-hybridized carbons (Fsp3) is 0.200.